The van der Waals surface area contributed by atoms with Crippen LogP contribution in [0.1, 0.15) is 38.2 Å². The fraction of sp³-hybridized carbons (Fsp3) is 0.348. The molecule has 0 radical (unpaired) electrons. The van der Waals surface area contributed by atoms with Gasteiger partial charge in [0, 0.05) is 12.8 Å². The standard InChI is InChI=1S/C17H20FNO.C5H8O2.CH3NO/c1-19-13-3-2-4-14-5-9-16(10-6-14)20-17-11-7-15(18)8-12-17;1-5(7)3-2-4-6;2-1-3/h5-12,19H,2-4,13H2,1H3;4H,2-3H2,1H3;1H,(H2,2,3). The van der Waals surface area contributed by atoms with Crippen LogP contribution in [-0.4, -0.2) is 32.1 Å². The summed E-state index contributed by atoms with van der Waals surface area (Å²) < 4.78 is 18.4. The summed E-state index contributed by atoms with van der Waals surface area (Å²) in [5, 5.41) is 3.15. The maximum absolute atomic E-state index is 12.8. The second-order valence-electron chi connectivity index (χ2n) is 6.30. The van der Waals surface area contributed by atoms with Crippen molar-refractivity contribution in [2.75, 3.05) is 13.6 Å². The molecule has 0 heterocycles. The summed E-state index contributed by atoms with van der Waals surface area (Å²) in [6.07, 6.45) is 5.21. The summed E-state index contributed by atoms with van der Waals surface area (Å²) in [5.74, 6) is 1.24. The third kappa shape index (κ3) is 14.9. The van der Waals surface area contributed by atoms with Crippen molar-refractivity contribution in [1.29, 1.82) is 0 Å². The highest BCUT2D eigenvalue weighted by Crippen LogP contribution is 2.22. The van der Waals surface area contributed by atoms with E-state index in [-0.39, 0.29) is 18.0 Å². The molecule has 0 aliphatic heterocycles. The predicted octanol–water partition coefficient (Wildman–Crippen LogP) is 3.82. The summed E-state index contributed by atoms with van der Waals surface area (Å²) >= 11 is 0. The number of hydrogen-bond donors (Lipinski definition) is 2. The molecule has 1 amide bonds. The van der Waals surface area contributed by atoms with Gasteiger partial charge < -0.3 is 25.4 Å². The number of rotatable bonds is 10. The Morgan fingerprint density at radius 2 is 1.57 bits per heavy atom. The molecule has 2 rings (SSSR count). The molecule has 2 aromatic rings. The van der Waals surface area contributed by atoms with Gasteiger partial charge >= 0.3 is 0 Å². The molecular formula is C23H31FN2O4. The lowest BCUT2D eigenvalue weighted by Gasteiger charge is -2.07. The highest BCUT2D eigenvalue weighted by atomic mass is 19.1. The smallest absolute Gasteiger partial charge is 0.204 e. The molecule has 164 valence electrons. The molecule has 0 aliphatic rings. The van der Waals surface area contributed by atoms with Gasteiger partial charge in [-0.1, -0.05) is 12.1 Å². The molecule has 7 heteroatoms. The molecule has 30 heavy (non-hydrogen) atoms. The Hall–Kier alpha value is -3.06. The number of aldehydes is 1. The van der Waals surface area contributed by atoms with Crippen LogP contribution >= 0.6 is 0 Å². The minimum atomic E-state index is -0.255. The highest BCUT2D eigenvalue weighted by molar-refractivity contribution is 5.77. The Balaban J connectivity index is 0.000000706. The van der Waals surface area contributed by atoms with Crippen LogP contribution < -0.4 is 15.8 Å². The number of nitrogens with two attached hydrogens (primary N) is 1. The van der Waals surface area contributed by atoms with Gasteiger partial charge in [0.15, 0.2) is 0 Å². The van der Waals surface area contributed by atoms with E-state index in [9.17, 15) is 14.0 Å². The number of hydrogen-bond acceptors (Lipinski definition) is 5. The molecular weight excluding hydrogens is 387 g/mol. The number of amides is 1. The minimum absolute atomic E-state index is 0.0760. The molecule has 6 nitrogen and oxygen atoms in total. The van der Waals surface area contributed by atoms with Gasteiger partial charge in [-0.25, -0.2) is 4.39 Å². The summed E-state index contributed by atoms with van der Waals surface area (Å²) in [5.41, 5.74) is 5.48. The average Bonchev–Trinajstić information content (AvgIpc) is 2.73. The van der Waals surface area contributed by atoms with Gasteiger partial charge in [-0.2, -0.15) is 0 Å². The van der Waals surface area contributed by atoms with Crippen molar-refractivity contribution in [3.05, 3.63) is 59.9 Å². The molecule has 3 N–H and O–H groups in total. The summed E-state index contributed by atoms with van der Waals surface area (Å²) in [6, 6.07) is 14.1. The van der Waals surface area contributed by atoms with E-state index in [1.165, 1.54) is 37.5 Å². The van der Waals surface area contributed by atoms with Crippen molar-refractivity contribution < 1.29 is 23.5 Å². The maximum atomic E-state index is 12.8. The van der Waals surface area contributed by atoms with Crippen LogP contribution in [0.2, 0.25) is 0 Å². The van der Waals surface area contributed by atoms with E-state index in [2.05, 4.69) is 23.2 Å². The van der Waals surface area contributed by atoms with Gasteiger partial charge in [-0.05, 0) is 81.7 Å². The number of aryl methyl sites for hydroxylation is 1. The van der Waals surface area contributed by atoms with Gasteiger partial charge in [-0.3, -0.25) is 4.79 Å². The van der Waals surface area contributed by atoms with E-state index >= 15 is 0 Å². The van der Waals surface area contributed by atoms with Crippen molar-refractivity contribution in [2.45, 2.75) is 39.0 Å². The van der Waals surface area contributed by atoms with E-state index in [0.717, 1.165) is 25.0 Å². The number of carbonyl (C=O) groups is 3. The number of Topliss-reactive ketones (excluding diaryl/α,β-unsaturated/α-hetero) is 1. The zero-order chi connectivity index (χ0) is 22.6. The fourth-order valence-corrected chi connectivity index (χ4v) is 2.26. The van der Waals surface area contributed by atoms with Crippen LogP contribution in [0.4, 0.5) is 4.39 Å². The quantitative estimate of drug-likeness (QED) is 0.451. The Morgan fingerprint density at radius 3 is 2.00 bits per heavy atom. The van der Waals surface area contributed by atoms with Gasteiger partial charge in [0.1, 0.15) is 29.4 Å². The maximum Gasteiger partial charge on any atom is 0.204 e. The third-order valence-electron chi connectivity index (χ3n) is 3.73. The molecule has 0 fully saturated rings. The highest BCUT2D eigenvalue weighted by Gasteiger charge is 1.99. The van der Waals surface area contributed by atoms with Gasteiger partial charge in [-0.15, -0.1) is 0 Å². The zero-order valence-corrected chi connectivity index (χ0v) is 17.6. The van der Waals surface area contributed by atoms with Gasteiger partial charge in [0.2, 0.25) is 6.41 Å². The van der Waals surface area contributed by atoms with Crippen molar-refractivity contribution in [2.24, 2.45) is 5.73 Å². The van der Waals surface area contributed by atoms with E-state index in [4.69, 9.17) is 9.53 Å². The molecule has 2 aromatic carbocycles. The second kappa shape index (κ2) is 18.0. The van der Waals surface area contributed by atoms with E-state index in [1.54, 1.807) is 12.1 Å². The van der Waals surface area contributed by atoms with Gasteiger partial charge in [0.25, 0.3) is 0 Å². The summed E-state index contributed by atoms with van der Waals surface area (Å²) in [6.45, 7) is 2.54. The lowest BCUT2D eigenvalue weighted by molar-refractivity contribution is -0.119. The zero-order valence-electron chi connectivity index (χ0n) is 17.6. The van der Waals surface area contributed by atoms with E-state index < -0.39 is 0 Å². The number of benzene rings is 2. The molecule has 0 saturated heterocycles. The number of halogens is 1. The third-order valence-corrected chi connectivity index (χ3v) is 3.73. The Morgan fingerprint density at radius 1 is 1.03 bits per heavy atom. The topological polar surface area (TPSA) is 98.5 Å². The lowest BCUT2D eigenvalue weighted by Crippen LogP contribution is -2.07. The first-order valence-electron chi connectivity index (χ1n) is 9.72. The number of primary amides is 1. The Labute approximate surface area is 177 Å². The first kappa shape index (κ1) is 26.9. The van der Waals surface area contributed by atoms with Crippen molar-refractivity contribution in [3.63, 3.8) is 0 Å². The number of ether oxygens (including phenoxy) is 1. The number of carbonyl (C=O) groups excluding carboxylic acids is 3. The molecule has 0 atom stereocenters. The van der Waals surface area contributed by atoms with Crippen molar-refractivity contribution >= 4 is 18.5 Å². The normalized spacial score (nSPS) is 9.30. The van der Waals surface area contributed by atoms with Crippen LogP contribution in [0.5, 0.6) is 11.5 Å². The number of nitrogens with one attached hydrogen (secondary N) is 1. The first-order valence-corrected chi connectivity index (χ1v) is 9.72. The van der Waals surface area contributed by atoms with Crippen LogP contribution in [0.3, 0.4) is 0 Å². The molecule has 0 unspecified atom stereocenters. The minimum Gasteiger partial charge on any atom is -0.457 e. The van der Waals surface area contributed by atoms with Crippen LogP contribution in [-0.2, 0) is 20.8 Å². The van der Waals surface area contributed by atoms with Crippen molar-refractivity contribution in [3.8, 4) is 11.5 Å². The fourth-order valence-electron chi connectivity index (χ4n) is 2.26. The van der Waals surface area contributed by atoms with Crippen LogP contribution in [0, 0.1) is 5.82 Å². The molecule has 0 spiro atoms. The summed E-state index contributed by atoms with van der Waals surface area (Å²) in [7, 11) is 1.97. The number of ketones is 1. The lowest BCUT2D eigenvalue weighted by atomic mass is 10.1. The molecule has 0 bridgehead atoms. The SMILES string of the molecule is CC(=O)CCC=O.CNCCCCc1ccc(Oc2ccc(F)cc2)cc1.NC=O. The van der Waals surface area contributed by atoms with E-state index in [0.29, 0.717) is 18.6 Å². The second-order valence-corrected chi connectivity index (χ2v) is 6.30. The summed E-state index contributed by atoms with van der Waals surface area (Å²) in [4.78, 5) is 28.2. The van der Waals surface area contributed by atoms with Gasteiger partial charge in [0.05, 0.1) is 0 Å². The largest absolute Gasteiger partial charge is 0.457 e. The molecule has 0 aromatic heterocycles. The first-order chi connectivity index (χ1) is 14.5. The van der Waals surface area contributed by atoms with Crippen molar-refractivity contribution in [1.82, 2.24) is 5.32 Å². The predicted molar refractivity (Wildman–Crippen MR) is 116 cm³/mol. The Bertz CT molecular complexity index is 719. The van der Waals surface area contributed by atoms with Crippen LogP contribution in [0.25, 0.3) is 0 Å². The molecule has 0 aliphatic carbocycles. The monoisotopic (exact) mass is 418 g/mol. The Kier molecular flexibility index (Phi) is 16.2. The number of unbranched alkanes of at least 4 members (excludes halogenated alkanes) is 1. The van der Waals surface area contributed by atoms with Crippen LogP contribution in [0.15, 0.2) is 48.5 Å². The molecule has 0 saturated carbocycles. The average molecular weight is 419 g/mol. The van der Waals surface area contributed by atoms with E-state index in [1.807, 2.05) is 19.2 Å².